The van der Waals surface area contributed by atoms with Gasteiger partial charge in [0.2, 0.25) is 0 Å². The molecular weight excluding hydrogens is 383 g/mol. The Morgan fingerprint density at radius 3 is 2.93 bits per heavy atom. The SMILES string of the molecule is CN1CCNCC1c1noc(-c2nn(-c3ccccc3F)c3c2CCC3)n1.Cl. The van der Waals surface area contributed by atoms with Crippen molar-refractivity contribution in [3.63, 3.8) is 0 Å². The van der Waals surface area contributed by atoms with Crippen molar-refractivity contribution in [2.75, 3.05) is 26.7 Å². The van der Waals surface area contributed by atoms with Gasteiger partial charge in [0.25, 0.3) is 5.89 Å². The lowest BCUT2D eigenvalue weighted by Crippen LogP contribution is -2.44. The summed E-state index contributed by atoms with van der Waals surface area (Å²) in [6.07, 6.45) is 2.78. The van der Waals surface area contributed by atoms with Crippen LogP contribution in [0.2, 0.25) is 0 Å². The summed E-state index contributed by atoms with van der Waals surface area (Å²) >= 11 is 0. The van der Waals surface area contributed by atoms with Crippen LogP contribution in [0, 0.1) is 5.82 Å². The van der Waals surface area contributed by atoms with Crippen LogP contribution in [0.25, 0.3) is 17.3 Å². The zero-order valence-corrected chi connectivity index (χ0v) is 16.4. The van der Waals surface area contributed by atoms with Crippen molar-refractivity contribution >= 4 is 12.4 Å². The molecule has 3 heterocycles. The number of aromatic nitrogens is 4. The molecule has 0 bridgehead atoms. The molecule has 0 radical (unpaired) electrons. The first-order chi connectivity index (χ1) is 13.2. The van der Waals surface area contributed by atoms with Gasteiger partial charge in [0.1, 0.15) is 11.5 Å². The summed E-state index contributed by atoms with van der Waals surface area (Å²) in [4.78, 5) is 6.85. The Morgan fingerprint density at radius 2 is 2.11 bits per heavy atom. The van der Waals surface area contributed by atoms with Gasteiger partial charge < -0.3 is 9.84 Å². The van der Waals surface area contributed by atoms with Gasteiger partial charge in [0, 0.05) is 30.9 Å². The van der Waals surface area contributed by atoms with E-state index in [1.807, 2.05) is 6.07 Å². The lowest BCUT2D eigenvalue weighted by Gasteiger charge is -2.30. The van der Waals surface area contributed by atoms with Crippen molar-refractivity contribution in [1.29, 1.82) is 0 Å². The second-order valence-corrected chi connectivity index (χ2v) is 7.15. The highest BCUT2D eigenvalue weighted by atomic mass is 35.5. The number of nitrogens with zero attached hydrogens (tertiary/aromatic N) is 5. The Bertz CT molecular complexity index is 987. The first-order valence-electron chi connectivity index (χ1n) is 9.33. The number of hydrogen-bond acceptors (Lipinski definition) is 6. The van der Waals surface area contributed by atoms with E-state index < -0.39 is 0 Å². The van der Waals surface area contributed by atoms with Gasteiger partial charge in [-0.3, -0.25) is 4.90 Å². The number of fused-ring (bicyclic) bond motifs is 1. The fraction of sp³-hybridized carbons (Fsp3) is 0.421. The first kappa shape index (κ1) is 19.0. The minimum Gasteiger partial charge on any atom is -0.332 e. The summed E-state index contributed by atoms with van der Waals surface area (Å²) in [6, 6.07) is 6.78. The van der Waals surface area contributed by atoms with Crippen LogP contribution in [0.3, 0.4) is 0 Å². The number of piperazine rings is 1. The maximum atomic E-state index is 14.3. The monoisotopic (exact) mass is 404 g/mol. The number of likely N-dealkylation sites (N-methyl/N-ethyl adjacent to an activating group) is 1. The van der Waals surface area contributed by atoms with E-state index in [0.29, 0.717) is 23.1 Å². The van der Waals surface area contributed by atoms with E-state index in [4.69, 9.17) is 4.52 Å². The Kier molecular flexibility index (Phi) is 5.18. The molecule has 5 rings (SSSR count). The molecule has 1 aromatic carbocycles. The molecule has 1 aliphatic heterocycles. The highest BCUT2D eigenvalue weighted by molar-refractivity contribution is 5.85. The molecule has 148 valence electrons. The molecule has 0 spiro atoms. The topological polar surface area (TPSA) is 72.0 Å². The van der Waals surface area contributed by atoms with Crippen molar-refractivity contribution < 1.29 is 8.91 Å². The van der Waals surface area contributed by atoms with E-state index >= 15 is 0 Å². The highest BCUT2D eigenvalue weighted by Gasteiger charge is 2.30. The van der Waals surface area contributed by atoms with Gasteiger partial charge in [-0.1, -0.05) is 17.3 Å². The summed E-state index contributed by atoms with van der Waals surface area (Å²) in [5.41, 5.74) is 3.25. The molecule has 1 fully saturated rings. The summed E-state index contributed by atoms with van der Waals surface area (Å²) in [5.74, 6) is 0.784. The number of rotatable bonds is 3. The van der Waals surface area contributed by atoms with E-state index in [-0.39, 0.29) is 24.3 Å². The summed E-state index contributed by atoms with van der Waals surface area (Å²) in [6.45, 7) is 2.68. The third-order valence-electron chi connectivity index (χ3n) is 5.46. The molecule has 28 heavy (non-hydrogen) atoms. The zero-order chi connectivity index (χ0) is 18.4. The van der Waals surface area contributed by atoms with Crippen LogP contribution in [-0.4, -0.2) is 51.5 Å². The second-order valence-electron chi connectivity index (χ2n) is 7.15. The van der Waals surface area contributed by atoms with Crippen molar-refractivity contribution in [2.24, 2.45) is 0 Å². The standard InChI is InChI=1S/C19H21FN6O.ClH/c1-25-10-9-21-11-16(25)18-22-19(27-24-18)17-12-5-4-8-14(12)26(23-17)15-7-3-2-6-13(15)20;/h2-3,6-7,16,21H,4-5,8-11H2,1H3;1H. The molecule has 9 heteroatoms. The Morgan fingerprint density at radius 1 is 1.25 bits per heavy atom. The van der Waals surface area contributed by atoms with Crippen LogP contribution < -0.4 is 5.32 Å². The molecule has 1 N–H and O–H groups in total. The minimum absolute atomic E-state index is 0. The molecule has 3 aromatic rings. The van der Waals surface area contributed by atoms with E-state index in [1.54, 1.807) is 16.8 Å². The third kappa shape index (κ3) is 3.11. The van der Waals surface area contributed by atoms with Crippen LogP contribution in [0.4, 0.5) is 4.39 Å². The minimum atomic E-state index is -0.289. The predicted octanol–water partition coefficient (Wildman–Crippen LogP) is 2.55. The van der Waals surface area contributed by atoms with E-state index in [2.05, 4.69) is 32.5 Å². The Hall–Kier alpha value is -2.29. The van der Waals surface area contributed by atoms with Gasteiger partial charge in [-0.15, -0.1) is 12.4 Å². The molecule has 0 saturated carbocycles. The molecule has 1 saturated heterocycles. The number of hydrogen-bond donors (Lipinski definition) is 1. The number of halogens is 2. The Balaban J connectivity index is 0.00000192. The smallest absolute Gasteiger partial charge is 0.278 e. The highest BCUT2D eigenvalue weighted by Crippen LogP contribution is 2.34. The van der Waals surface area contributed by atoms with Gasteiger partial charge in [-0.05, 0) is 38.4 Å². The molecule has 1 aliphatic carbocycles. The van der Waals surface area contributed by atoms with Crippen molar-refractivity contribution in [1.82, 2.24) is 30.1 Å². The maximum absolute atomic E-state index is 14.3. The predicted molar refractivity (Wildman–Crippen MR) is 104 cm³/mol. The molecule has 2 aromatic heterocycles. The fourth-order valence-electron chi connectivity index (χ4n) is 3.99. The third-order valence-corrected chi connectivity index (χ3v) is 5.46. The summed E-state index contributed by atoms with van der Waals surface area (Å²) in [5, 5.41) is 12.2. The van der Waals surface area contributed by atoms with Gasteiger partial charge in [-0.2, -0.15) is 10.1 Å². The van der Waals surface area contributed by atoms with Gasteiger partial charge in [-0.25, -0.2) is 9.07 Å². The van der Waals surface area contributed by atoms with Crippen molar-refractivity contribution in [2.45, 2.75) is 25.3 Å². The molecule has 7 nitrogen and oxygen atoms in total. The van der Waals surface area contributed by atoms with Crippen LogP contribution >= 0.6 is 12.4 Å². The average molecular weight is 405 g/mol. The van der Waals surface area contributed by atoms with Gasteiger partial charge in [0.05, 0.1) is 6.04 Å². The largest absolute Gasteiger partial charge is 0.332 e. The summed E-state index contributed by atoms with van der Waals surface area (Å²) < 4.78 is 21.6. The van der Waals surface area contributed by atoms with Crippen LogP contribution in [0.15, 0.2) is 28.8 Å². The van der Waals surface area contributed by atoms with Crippen LogP contribution in [-0.2, 0) is 12.8 Å². The van der Waals surface area contributed by atoms with E-state index in [1.165, 1.54) is 6.07 Å². The quantitative estimate of drug-likeness (QED) is 0.723. The van der Waals surface area contributed by atoms with Crippen molar-refractivity contribution in [3.8, 4) is 17.3 Å². The average Bonchev–Trinajstić information content (AvgIpc) is 3.39. The lowest BCUT2D eigenvalue weighted by atomic mass is 10.2. The van der Waals surface area contributed by atoms with Crippen LogP contribution in [0.1, 0.15) is 29.5 Å². The summed E-state index contributed by atoms with van der Waals surface area (Å²) in [7, 11) is 2.06. The van der Waals surface area contributed by atoms with E-state index in [0.717, 1.165) is 50.2 Å². The molecule has 0 amide bonds. The van der Waals surface area contributed by atoms with Crippen LogP contribution in [0.5, 0.6) is 0 Å². The fourth-order valence-corrected chi connectivity index (χ4v) is 3.99. The molecule has 1 atom stereocenters. The van der Waals surface area contributed by atoms with Gasteiger partial charge in [0.15, 0.2) is 11.5 Å². The molecular formula is C19H22ClFN6O. The lowest BCUT2D eigenvalue weighted by molar-refractivity contribution is 0.190. The number of nitrogens with one attached hydrogen (secondary N) is 1. The Labute approximate surface area is 168 Å². The molecule has 1 unspecified atom stereocenters. The molecule has 2 aliphatic rings. The normalized spacial score (nSPS) is 19.4. The van der Waals surface area contributed by atoms with Gasteiger partial charge >= 0.3 is 0 Å². The zero-order valence-electron chi connectivity index (χ0n) is 15.6. The number of benzene rings is 1. The van der Waals surface area contributed by atoms with E-state index in [9.17, 15) is 4.39 Å². The maximum Gasteiger partial charge on any atom is 0.278 e. The second kappa shape index (κ2) is 7.62. The van der Waals surface area contributed by atoms with Crippen molar-refractivity contribution in [3.05, 3.63) is 47.2 Å². The first-order valence-corrected chi connectivity index (χ1v) is 9.33. The number of para-hydroxylation sites is 1.